The average molecular weight is 109 g/mol. The van der Waals surface area contributed by atoms with E-state index in [0.29, 0.717) is 0 Å². The van der Waals surface area contributed by atoms with Crippen molar-refractivity contribution >= 4 is 0 Å². The normalized spacial score (nSPS) is 18.5. The summed E-state index contributed by atoms with van der Waals surface area (Å²) >= 11 is 0. The summed E-state index contributed by atoms with van der Waals surface area (Å²) in [4.78, 5) is 2.70. The van der Waals surface area contributed by atoms with Crippen LogP contribution in [0.5, 0.6) is 0 Å². The number of hydrogen-bond donors (Lipinski definition) is 0. The maximum absolute atomic E-state index is 7.96. The number of hydrogen-bond acceptors (Lipinski definition) is 1. The summed E-state index contributed by atoms with van der Waals surface area (Å²) in [6.07, 6.45) is 5.92. The Balaban J connectivity index is 2.40. The monoisotopic (exact) mass is 109 g/mol. The van der Waals surface area contributed by atoms with E-state index in [-0.39, 0.29) is 6.04 Å². The van der Waals surface area contributed by atoms with E-state index in [1.54, 1.807) is 0 Å². The van der Waals surface area contributed by atoms with Gasteiger partial charge in [-0.25, -0.2) is 0 Å². The molecular weight excluding hydrogens is 102 g/mol. The minimum atomic E-state index is 0.208. The van der Waals surface area contributed by atoms with Crippen LogP contribution < -0.4 is 0 Å². The Hall–Kier alpha value is -0.950. The van der Waals surface area contributed by atoms with Crippen molar-refractivity contribution in [2.24, 2.45) is 5.11 Å². The molecule has 42 valence electrons. The first-order valence-electron chi connectivity index (χ1n) is 2.62. The van der Waals surface area contributed by atoms with Gasteiger partial charge in [-0.3, -0.25) is 0 Å². The lowest BCUT2D eigenvalue weighted by atomic mass is 10.3. The summed E-state index contributed by atoms with van der Waals surface area (Å²) in [7, 11) is 0. The lowest BCUT2D eigenvalue weighted by Crippen LogP contribution is -1.92. The zero-order valence-electron chi connectivity index (χ0n) is 4.49. The molecule has 0 aliphatic heterocycles. The molecule has 0 saturated carbocycles. The van der Waals surface area contributed by atoms with E-state index in [1.807, 2.05) is 12.2 Å². The number of nitrogens with zero attached hydrogens (tertiary/aromatic N) is 3. The summed E-state index contributed by atoms with van der Waals surface area (Å²) < 4.78 is 0. The lowest BCUT2D eigenvalue weighted by Gasteiger charge is -1.93. The van der Waals surface area contributed by atoms with Crippen LogP contribution in [0.15, 0.2) is 17.3 Å². The molecule has 0 bridgehead atoms. The standard InChI is InChI=1S/C5H7N3/c6-8-7-5-3-1-2-4-5/h1-2,5H,3-4H2. The van der Waals surface area contributed by atoms with Gasteiger partial charge in [0.1, 0.15) is 0 Å². The molecule has 0 fully saturated rings. The van der Waals surface area contributed by atoms with Crippen LogP contribution in [-0.4, -0.2) is 6.04 Å². The van der Waals surface area contributed by atoms with Crippen molar-refractivity contribution in [2.75, 3.05) is 0 Å². The van der Waals surface area contributed by atoms with Gasteiger partial charge in [-0.2, -0.15) is 0 Å². The highest BCUT2D eigenvalue weighted by Gasteiger charge is 2.05. The first-order chi connectivity index (χ1) is 3.93. The fourth-order valence-electron chi connectivity index (χ4n) is 0.770. The largest absolute Gasteiger partial charge is 0.0900 e. The van der Waals surface area contributed by atoms with Crippen molar-refractivity contribution in [1.29, 1.82) is 0 Å². The highest BCUT2D eigenvalue weighted by atomic mass is 15.1. The van der Waals surface area contributed by atoms with Gasteiger partial charge < -0.3 is 0 Å². The molecule has 0 amide bonds. The average Bonchev–Trinajstić information content (AvgIpc) is 2.19. The van der Waals surface area contributed by atoms with Crippen molar-refractivity contribution in [3.05, 3.63) is 22.6 Å². The fourth-order valence-corrected chi connectivity index (χ4v) is 0.770. The second kappa shape index (κ2) is 2.38. The maximum atomic E-state index is 7.96. The molecule has 0 atom stereocenters. The van der Waals surface area contributed by atoms with Crippen LogP contribution in [-0.2, 0) is 0 Å². The molecule has 0 N–H and O–H groups in total. The van der Waals surface area contributed by atoms with Crippen LogP contribution in [0.2, 0.25) is 0 Å². The van der Waals surface area contributed by atoms with E-state index in [4.69, 9.17) is 5.53 Å². The van der Waals surface area contributed by atoms with Gasteiger partial charge in [0.2, 0.25) is 0 Å². The summed E-state index contributed by atoms with van der Waals surface area (Å²) in [5.41, 5.74) is 7.96. The number of rotatable bonds is 1. The molecular formula is C5H7N3. The van der Waals surface area contributed by atoms with Gasteiger partial charge in [-0.15, -0.1) is 0 Å². The SMILES string of the molecule is [N-]=[N+]=NC1CC=CC1. The van der Waals surface area contributed by atoms with E-state index >= 15 is 0 Å². The van der Waals surface area contributed by atoms with Crippen LogP contribution in [0.25, 0.3) is 10.4 Å². The third-order valence-corrected chi connectivity index (χ3v) is 1.20. The minimum absolute atomic E-state index is 0.208. The van der Waals surface area contributed by atoms with Gasteiger partial charge in [-0.05, 0) is 18.4 Å². The van der Waals surface area contributed by atoms with Crippen molar-refractivity contribution < 1.29 is 0 Å². The predicted molar refractivity (Wildman–Crippen MR) is 31.3 cm³/mol. The van der Waals surface area contributed by atoms with Gasteiger partial charge in [0.25, 0.3) is 0 Å². The van der Waals surface area contributed by atoms with E-state index < -0.39 is 0 Å². The van der Waals surface area contributed by atoms with E-state index in [0.717, 1.165) is 12.8 Å². The maximum Gasteiger partial charge on any atom is 0.0442 e. The van der Waals surface area contributed by atoms with Crippen LogP contribution in [0.4, 0.5) is 0 Å². The topological polar surface area (TPSA) is 48.8 Å². The Morgan fingerprint density at radius 2 is 2.12 bits per heavy atom. The minimum Gasteiger partial charge on any atom is -0.0900 e. The molecule has 0 heterocycles. The molecule has 0 radical (unpaired) electrons. The Morgan fingerprint density at radius 1 is 1.50 bits per heavy atom. The lowest BCUT2D eigenvalue weighted by molar-refractivity contribution is 0.725. The molecule has 8 heavy (non-hydrogen) atoms. The summed E-state index contributed by atoms with van der Waals surface area (Å²) in [6, 6.07) is 0.208. The van der Waals surface area contributed by atoms with Crippen molar-refractivity contribution in [1.82, 2.24) is 0 Å². The zero-order chi connectivity index (χ0) is 5.82. The van der Waals surface area contributed by atoms with Gasteiger partial charge >= 0.3 is 0 Å². The van der Waals surface area contributed by atoms with E-state index in [1.165, 1.54) is 0 Å². The molecule has 0 unspecified atom stereocenters. The van der Waals surface area contributed by atoms with Crippen LogP contribution in [0, 0.1) is 0 Å². The van der Waals surface area contributed by atoms with E-state index in [9.17, 15) is 0 Å². The quantitative estimate of drug-likeness (QED) is 0.214. The van der Waals surface area contributed by atoms with Gasteiger partial charge in [-0.1, -0.05) is 17.3 Å². The Kier molecular flexibility index (Phi) is 1.55. The second-order valence-electron chi connectivity index (χ2n) is 1.80. The molecule has 1 aliphatic carbocycles. The molecule has 0 aromatic rings. The summed E-state index contributed by atoms with van der Waals surface area (Å²) in [6.45, 7) is 0. The first-order valence-corrected chi connectivity index (χ1v) is 2.62. The third kappa shape index (κ3) is 1.01. The Bertz CT molecular complexity index is 136. The van der Waals surface area contributed by atoms with Crippen molar-refractivity contribution in [3.63, 3.8) is 0 Å². The van der Waals surface area contributed by atoms with Gasteiger partial charge in [0.15, 0.2) is 0 Å². The first kappa shape index (κ1) is 5.19. The fraction of sp³-hybridized carbons (Fsp3) is 0.600. The molecule has 1 rings (SSSR count). The molecule has 0 saturated heterocycles. The summed E-state index contributed by atoms with van der Waals surface area (Å²) in [5.74, 6) is 0. The summed E-state index contributed by atoms with van der Waals surface area (Å²) in [5, 5.41) is 3.54. The van der Waals surface area contributed by atoms with E-state index in [2.05, 4.69) is 10.0 Å². The molecule has 0 spiro atoms. The molecule has 0 aromatic carbocycles. The molecule has 1 aliphatic rings. The zero-order valence-corrected chi connectivity index (χ0v) is 4.49. The van der Waals surface area contributed by atoms with Crippen LogP contribution >= 0.6 is 0 Å². The van der Waals surface area contributed by atoms with Crippen molar-refractivity contribution in [3.8, 4) is 0 Å². The molecule has 0 aromatic heterocycles. The van der Waals surface area contributed by atoms with Gasteiger partial charge in [0, 0.05) is 11.0 Å². The van der Waals surface area contributed by atoms with Crippen LogP contribution in [0.3, 0.4) is 0 Å². The Morgan fingerprint density at radius 3 is 2.62 bits per heavy atom. The molecule has 3 nitrogen and oxygen atoms in total. The highest BCUT2D eigenvalue weighted by molar-refractivity contribution is 4.97. The highest BCUT2D eigenvalue weighted by Crippen LogP contribution is 2.12. The predicted octanol–water partition coefficient (Wildman–Crippen LogP) is 2.02. The Labute approximate surface area is 47.6 Å². The van der Waals surface area contributed by atoms with Gasteiger partial charge in [0.05, 0.1) is 0 Å². The molecule has 3 heteroatoms. The van der Waals surface area contributed by atoms with Crippen LogP contribution in [0.1, 0.15) is 12.8 Å². The third-order valence-electron chi connectivity index (χ3n) is 1.20. The smallest absolute Gasteiger partial charge is 0.0442 e. The van der Waals surface area contributed by atoms with Crippen molar-refractivity contribution in [2.45, 2.75) is 18.9 Å². The second-order valence-corrected chi connectivity index (χ2v) is 1.80. The number of azide groups is 1.